The standard InChI is InChI=1S/C16H17ClFNO/c1-2-3-4-11-5-7-12(8-6-11)20-16-10-14(18)13(17)9-15(16)19/h5-10H,2-4,19H2,1H3. The smallest absolute Gasteiger partial charge is 0.153 e. The van der Waals surface area contributed by atoms with Crippen molar-refractivity contribution in [3.8, 4) is 11.5 Å². The number of hydrogen-bond donors (Lipinski definition) is 1. The van der Waals surface area contributed by atoms with E-state index in [4.69, 9.17) is 22.1 Å². The fraction of sp³-hybridized carbons (Fsp3) is 0.250. The van der Waals surface area contributed by atoms with E-state index in [1.54, 1.807) is 0 Å². The first kappa shape index (κ1) is 14.7. The molecule has 0 unspecified atom stereocenters. The van der Waals surface area contributed by atoms with Gasteiger partial charge in [-0.2, -0.15) is 0 Å². The number of hydrogen-bond acceptors (Lipinski definition) is 2. The van der Waals surface area contributed by atoms with E-state index in [1.165, 1.54) is 24.1 Å². The molecule has 0 amide bonds. The van der Waals surface area contributed by atoms with Crippen molar-refractivity contribution in [1.82, 2.24) is 0 Å². The molecular formula is C16H17ClFNO. The third-order valence-corrected chi connectivity index (χ3v) is 3.31. The zero-order valence-electron chi connectivity index (χ0n) is 11.3. The highest BCUT2D eigenvalue weighted by Crippen LogP contribution is 2.31. The monoisotopic (exact) mass is 293 g/mol. The summed E-state index contributed by atoms with van der Waals surface area (Å²) in [6, 6.07) is 10.3. The molecule has 2 aromatic rings. The largest absolute Gasteiger partial charge is 0.455 e. The number of nitrogens with two attached hydrogens (primary N) is 1. The average molecular weight is 294 g/mol. The van der Waals surface area contributed by atoms with Crippen LogP contribution in [0.5, 0.6) is 11.5 Å². The van der Waals surface area contributed by atoms with E-state index in [-0.39, 0.29) is 10.8 Å². The Morgan fingerprint density at radius 3 is 2.55 bits per heavy atom. The molecule has 106 valence electrons. The third-order valence-electron chi connectivity index (χ3n) is 3.02. The molecule has 0 saturated carbocycles. The van der Waals surface area contributed by atoms with Gasteiger partial charge in [0.25, 0.3) is 0 Å². The predicted octanol–water partition coefficient (Wildman–Crippen LogP) is 5.20. The highest BCUT2D eigenvalue weighted by molar-refractivity contribution is 6.31. The Bertz CT molecular complexity index is 584. The van der Waals surface area contributed by atoms with Crippen molar-refractivity contribution in [2.24, 2.45) is 0 Å². The molecule has 0 aromatic heterocycles. The Hall–Kier alpha value is -1.74. The van der Waals surface area contributed by atoms with Crippen molar-refractivity contribution >= 4 is 17.3 Å². The quantitative estimate of drug-likeness (QED) is 0.769. The van der Waals surface area contributed by atoms with Gasteiger partial charge in [0.05, 0.1) is 10.7 Å². The van der Waals surface area contributed by atoms with Crippen LogP contribution in [0, 0.1) is 5.82 Å². The molecule has 0 saturated heterocycles. The first-order valence-corrected chi connectivity index (χ1v) is 6.99. The summed E-state index contributed by atoms with van der Waals surface area (Å²) in [4.78, 5) is 0. The lowest BCUT2D eigenvalue weighted by Crippen LogP contribution is -1.94. The zero-order chi connectivity index (χ0) is 14.5. The van der Waals surface area contributed by atoms with Crippen molar-refractivity contribution < 1.29 is 9.13 Å². The first-order valence-electron chi connectivity index (χ1n) is 6.61. The molecule has 0 aliphatic carbocycles. The van der Waals surface area contributed by atoms with E-state index in [1.807, 2.05) is 24.3 Å². The van der Waals surface area contributed by atoms with Gasteiger partial charge in [-0.3, -0.25) is 0 Å². The van der Waals surface area contributed by atoms with E-state index in [9.17, 15) is 4.39 Å². The molecule has 0 fully saturated rings. The number of benzene rings is 2. The summed E-state index contributed by atoms with van der Waals surface area (Å²) in [6.07, 6.45) is 3.38. The van der Waals surface area contributed by atoms with Crippen LogP contribution in [0.15, 0.2) is 36.4 Å². The van der Waals surface area contributed by atoms with E-state index < -0.39 is 5.82 Å². The fourth-order valence-corrected chi connectivity index (χ4v) is 2.04. The van der Waals surface area contributed by atoms with Gasteiger partial charge in [-0.05, 0) is 36.6 Å². The maximum Gasteiger partial charge on any atom is 0.153 e. The lowest BCUT2D eigenvalue weighted by molar-refractivity contribution is 0.479. The number of ether oxygens (including phenoxy) is 1. The maximum atomic E-state index is 13.4. The maximum absolute atomic E-state index is 13.4. The number of unbranched alkanes of at least 4 members (excludes halogenated alkanes) is 1. The van der Waals surface area contributed by atoms with Crippen molar-refractivity contribution in [1.29, 1.82) is 0 Å². The SMILES string of the molecule is CCCCc1ccc(Oc2cc(F)c(Cl)cc2N)cc1. The second-order valence-electron chi connectivity index (χ2n) is 4.65. The van der Waals surface area contributed by atoms with E-state index in [2.05, 4.69) is 6.92 Å². The average Bonchev–Trinajstić information content (AvgIpc) is 2.44. The molecule has 2 N–H and O–H groups in total. The van der Waals surface area contributed by atoms with E-state index in [0.717, 1.165) is 12.8 Å². The normalized spacial score (nSPS) is 10.6. The minimum atomic E-state index is -0.546. The molecule has 0 aliphatic heterocycles. The Balaban J connectivity index is 2.12. The van der Waals surface area contributed by atoms with Gasteiger partial charge in [0, 0.05) is 6.07 Å². The molecule has 0 aliphatic rings. The van der Waals surface area contributed by atoms with Gasteiger partial charge in [0.15, 0.2) is 5.75 Å². The molecule has 0 atom stereocenters. The number of anilines is 1. The highest BCUT2D eigenvalue weighted by atomic mass is 35.5. The van der Waals surface area contributed by atoms with E-state index >= 15 is 0 Å². The molecular weight excluding hydrogens is 277 g/mol. The lowest BCUT2D eigenvalue weighted by Gasteiger charge is -2.10. The van der Waals surface area contributed by atoms with Gasteiger partial charge in [-0.1, -0.05) is 37.1 Å². The highest BCUT2D eigenvalue weighted by Gasteiger charge is 2.08. The second kappa shape index (κ2) is 6.62. The van der Waals surface area contributed by atoms with Gasteiger partial charge in [-0.25, -0.2) is 4.39 Å². The summed E-state index contributed by atoms with van der Waals surface area (Å²) >= 11 is 5.65. The van der Waals surface area contributed by atoms with Crippen LogP contribution in [0.4, 0.5) is 10.1 Å². The van der Waals surface area contributed by atoms with Crippen LogP contribution in [0.25, 0.3) is 0 Å². The summed E-state index contributed by atoms with van der Waals surface area (Å²) < 4.78 is 19.0. The number of halogens is 2. The van der Waals surface area contributed by atoms with Crippen molar-refractivity contribution in [2.75, 3.05) is 5.73 Å². The van der Waals surface area contributed by atoms with Crippen LogP contribution in [0.2, 0.25) is 5.02 Å². The lowest BCUT2D eigenvalue weighted by atomic mass is 10.1. The molecule has 0 bridgehead atoms. The van der Waals surface area contributed by atoms with Crippen molar-refractivity contribution in [3.05, 3.63) is 52.8 Å². The zero-order valence-corrected chi connectivity index (χ0v) is 12.1. The van der Waals surface area contributed by atoms with Crippen molar-refractivity contribution in [3.63, 3.8) is 0 Å². The molecule has 2 aromatic carbocycles. The Kier molecular flexibility index (Phi) is 4.85. The number of nitrogen functional groups attached to an aromatic ring is 1. The molecule has 0 radical (unpaired) electrons. The van der Waals surface area contributed by atoms with Crippen LogP contribution < -0.4 is 10.5 Å². The Morgan fingerprint density at radius 1 is 1.20 bits per heavy atom. The van der Waals surface area contributed by atoms with Crippen LogP contribution in [-0.2, 0) is 6.42 Å². The summed E-state index contributed by atoms with van der Waals surface area (Å²) in [5.41, 5.74) is 7.33. The van der Waals surface area contributed by atoms with Gasteiger partial charge in [0.1, 0.15) is 11.6 Å². The minimum Gasteiger partial charge on any atom is -0.455 e. The Labute approximate surface area is 123 Å². The van der Waals surface area contributed by atoms with Crippen LogP contribution in [0.3, 0.4) is 0 Å². The first-order chi connectivity index (χ1) is 9.60. The summed E-state index contributed by atoms with van der Waals surface area (Å²) in [6.45, 7) is 2.16. The third kappa shape index (κ3) is 3.64. The fourth-order valence-electron chi connectivity index (χ4n) is 1.86. The van der Waals surface area contributed by atoms with Gasteiger partial charge in [-0.15, -0.1) is 0 Å². The van der Waals surface area contributed by atoms with Crippen LogP contribution in [0.1, 0.15) is 25.3 Å². The molecule has 0 heterocycles. The predicted molar refractivity (Wildman–Crippen MR) is 81.0 cm³/mol. The summed E-state index contributed by atoms with van der Waals surface area (Å²) in [5, 5.41) is -0.00948. The molecule has 20 heavy (non-hydrogen) atoms. The van der Waals surface area contributed by atoms with Crippen LogP contribution in [-0.4, -0.2) is 0 Å². The van der Waals surface area contributed by atoms with Gasteiger partial charge >= 0.3 is 0 Å². The molecule has 0 spiro atoms. The number of aryl methyl sites for hydroxylation is 1. The molecule has 2 rings (SSSR count). The summed E-state index contributed by atoms with van der Waals surface area (Å²) in [7, 11) is 0. The molecule has 2 nitrogen and oxygen atoms in total. The molecule has 4 heteroatoms. The minimum absolute atomic E-state index is 0.00948. The van der Waals surface area contributed by atoms with Crippen molar-refractivity contribution in [2.45, 2.75) is 26.2 Å². The van der Waals surface area contributed by atoms with E-state index in [0.29, 0.717) is 11.4 Å². The Morgan fingerprint density at radius 2 is 1.90 bits per heavy atom. The van der Waals surface area contributed by atoms with Gasteiger partial charge < -0.3 is 10.5 Å². The second-order valence-corrected chi connectivity index (χ2v) is 5.06. The van der Waals surface area contributed by atoms with Crippen LogP contribution >= 0.6 is 11.6 Å². The summed E-state index contributed by atoms with van der Waals surface area (Å²) in [5.74, 6) is 0.349. The topological polar surface area (TPSA) is 35.2 Å². The van der Waals surface area contributed by atoms with Gasteiger partial charge in [0.2, 0.25) is 0 Å². The number of rotatable bonds is 5.